The SMILES string of the molecule is CC(=O)OC1CC2C(COC(=O)CC(C)C)=COC(OC(=O)CC(C)C)C2C1(O)COC(=O)CC(C)C. The first-order valence-corrected chi connectivity index (χ1v) is 13.0. The van der Waals surface area contributed by atoms with E-state index in [4.69, 9.17) is 23.7 Å². The Morgan fingerprint density at radius 3 is 2.00 bits per heavy atom. The van der Waals surface area contributed by atoms with Crippen molar-refractivity contribution in [1.29, 1.82) is 0 Å². The average molecular weight is 527 g/mol. The molecule has 0 spiro atoms. The second kappa shape index (κ2) is 13.3. The topological polar surface area (TPSA) is 135 Å². The highest BCUT2D eigenvalue weighted by Gasteiger charge is 2.63. The first-order chi connectivity index (χ1) is 17.2. The van der Waals surface area contributed by atoms with Gasteiger partial charge in [0.1, 0.15) is 24.9 Å². The molecular weight excluding hydrogens is 484 g/mol. The average Bonchev–Trinajstić information content (AvgIpc) is 3.02. The second-order valence-corrected chi connectivity index (χ2v) is 11.3. The van der Waals surface area contributed by atoms with Gasteiger partial charge in [-0.05, 0) is 24.2 Å². The van der Waals surface area contributed by atoms with E-state index in [9.17, 15) is 24.3 Å². The molecule has 0 amide bonds. The molecule has 1 aliphatic carbocycles. The van der Waals surface area contributed by atoms with Gasteiger partial charge in [0, 0.05) is 37.7 Å². The third-order valence-electron chi connectivity index (χ3n) is 6.30. The number of esters is 4. The van der Waals surface area contributed by atoms with E-state index in [1.54, 1.807) is 0 Å². The molecule has 1 N–H and O–H groups in total. The van der Waals surface area contributed by atoms with Gasteiger partial charge in [-0.3, -0.25) is 19.2 Å². The van der Waals surface area contributed by atoms with E-state index in [-0.39, 0.29) is 56.0 Å². The molecular formula is C27H42O10. The van der Waals surface area contributed by atoms with Crippen LogP contribution in [0.2, 0.25) is 0 Å². The van der Waals surface area contributed by atoms with E-state index in [0.717, 1.165) is 0 Å². The molecule has 10 heteroatoms. The Kier molecular flexibility index (Phi) is 11.0. The number of rotatable bonds is 12. The summed E-state index contributed by atoms with van der Waals surface area (Å²) < 4.78 is 27.7. The molecule has 1 aliphatic heterocycles. The summed E-state index contributed by atoms with van der Waals surface area (Å²) in [5.74, 6) is -3.33. The van der Waals surface area contributed by atoms with Gasteiger partial charge in [0.05, 0.1) is 12.2 Å². The predicted octanol–water partition coefficient (Wildman–Crippen LogP) is 3.29. The van der Waals surface area contributed by atoms with Gasteiger partial charge in [-0.25, -0.2) is 0 Å². The third kappa shape index (κ3) is 8.72. The molecule has 1 saturated carbocycles. The van der Waals surface area contributed by atoms with Crippen LogP contribution in [0.15, 0.2) is 11.8 Å². The Hall–Kier alpha value is -2.62. The van der Waals surface area contributed by atoms with E-state index in [1.807, 2.05) is 41.5 Å². The summed E-state index contributed by atoms with van der Waals surface area (Å²) in [6.07, 6.45) is -0.270. The molecule has 5 atom stereocenters. The van der Waals surface area contributed by atoms with Gasteiger partial charge in [0.15, 0.2) is 0 Å². The van der Waals surface area contributed by atoms with Crippen molar-refractivity contribution in [2.75, 3.05) is 13.2 Å². The smallest absolute Gasteiger partial charge is 0.309 e. The lowest BCUT2D eigenvalue weighted by atomic mass is 9.80. The summed E-state index contributed by atoms with van der Waals surface area (Å²) in [6.45, 7) is 11.9. The number of carbonyl (C=O) groups is 4. The molecule has 0 saturated heterocycles. The zero-order chi connectivity index (χ0) is 27.9. The van der Waals surface area contributed by atoms with Crippen LogP contribution in [0.4, 0.5) is 0 Å². The molecule has 0 radical (unpaired) electrons. The Balaban J connectivity index is 2.37. The minimum atomic E-state index is -1.91. The number of ether oxygens (including phenoxy) is 5. The molecule has 37 heavy (non-hydrogen) atoms. The molecule has 0 bridgehead atoms. The molecule has 5 unspecified atom stereocenters. The fraction of sp³-hybridized carbons (Fsp3) is 0.778. The van der Waals surface area contributed by atoms with Crippen LogP contribution in [0.5, 0.6) is 0 Å². The standard InChI is InChI=1S/C27H42O10/c1-15(2)8-22(29)33-12-19-13-34-26(37-24(31)10-17(5)6)25-20(19)11-21(36-18(7)28)27(25,32)14-35-23(30)9-16(3)4/h13,15-17,20-21,25-26,32H,8-12,14H2,1-7H3. The Morgan fingerprint density at radius 2 is 1.46 bits per heavy atom. The van der Waals surface area contributed by atoms with Crippen molar-refractivity contribution in [2.24, 2.45) is 29.6 Å². The highest BCUT2D eigenvalue weighted by molar-refractivity contribution is 5.71. The maximum atomic E-state index is 12.5. The van der Waals surface area contributed by atoms with Gasteiger partial charge in [0.2, 0.25) is 6.29 Å². The Bertz CT molecular complexity index is 861. The van der Waals surface area contributed by atoms with Crippen LogP contribution in [0, 0.1) is 29.6 Å². The van der Waals surface area contributed by atoms with E-state index in [0.29, 0.717) is 5.57 Å². The largest absolute Gasteiger partial charge is 0.462 e. The maximum Gasteiger partial charge on any atom is 0.309 e. The molecule has 1 fully saturated rings. The summed E-state index contributed by atoms with van der Waals surface area (Å²) in [4.78, 5) is 48.9. The van der Waals surface area contributed by atoms with Crippen molar-refractivity contribution in [3.05, 3.63) is 11.8 Å². The molecule has 1 heterocycles. The molecule has 2 aliphatic rings. The van der Waals surface area contributed by atoms with Gasteiger partial charge in [0.25, 0.3) is 0 Å². The van der Waals surface area contributed by atoms with E-state index >= 15 is 0 Å². The van der Waals surface area contributed by atoms with E-state index in [2.05, 4.69) is 0 Å². The monoisotopic (exact) mass is 526 g/mol. The van der Waals surface area contributed by atoms with Crippen LogP contribution in [0.25, 0.3) is 0 Å². The Morgan fingerprint density at radius 1 is 0.919 bits per heavy atom. The van der Waals surface area contributed by atoms with Crippen LogP contribution >= 0.6 is 0 Å². The highest BCUT2D eigenvalue weighted by Crippen LogP contribution is 2.50. The van der Waals surface area contributed by atoms with Crippen LogP contribution in [-0.2, 0) is 42.9 Å². The van der Waals surface area contributed by atoms with Crippen molar-refractivity contribution in [3.8, 4) is 0 Å². The van der Waals surface area contributed by atoms with Crippen LogP contribution in [-0.4, -0.2) is 60.2 Å². The lowest BCUT2D eigenvalue weighted by Gasteiger charge is -2.40. The quantitative estimate of drug-likeness (QED) is 0.298. The van der Waals surface area contributed by atoms with Crippen molar-refractivity contribution in [2.45, 2.75) is 92.1 Å². The summed E-state index contributed by atoms with van der Waals surface area (Å²) in [7, 11) is 0. The first-order valence-electron chi connectivity index (χ1n) is 13.0. The number of carbonyl (C=O) groups excluding carboxylic acids is 4. The Labute approximate surface area is 219 Å². The van der Waals surface area contributed by atoms with Crippen molar-refractivity contribution < 1.29 is 48.0 Å². The second-order valence-electron chi connectivity index (χ2n) is 11.3. The molecule has 0 aromatic rings. The molecule has 2 rings (SSSR count). The zero-order valence-electron chi connectivity index (χ0n) is 23.0. The highest BCUT2D eigenvalue weighted by atomic mass is 16.7. The lowest BCUT2D eigenvalue weighted by molar-refractivity contribution is -0.225. The van der Waals surface area contributed by atoms with Crippen molar-refractivity contribution in [1.82, 2.24) is 0 Å². The van der Waals surface area contributed by atoms with Crippen molar-refractivity contribution in [3.63, 3.8) is 0 Å². The van der Waals surface area contributed by atoms with Gasteiger partial charge in [-0.2, -0.15) is 0 Å². The summed E-state index contributed by atoms with van der Waals surface area (Å²) in [5, 5.41) is 11.9. The molecule has 0 aromatic heterocycles. The van der Waals surface area contributed by atoms with Crippen LogP contribution in [0.3, 0.4) is 0 Å². The van der Waals surface area contributed by atoms with Gasteiger partial charge in [-0.15, -0.1) is 0 Å². The third-order valence-corrected chi connectivity index (χ3v) is 6.30. The molecule has 210 valence electrons. The fourth-order valence-corrected chi connectivity index (χ4v) is 4.72. The maximum absolute atomic E-state index is 12.5. The van der Waals surface area contributed by atoms with E-state index in [1.165, 1.54) is 13.2 Å². The molecule has 10 nitrogen and oxygen atoms in total. The van der Waals surface area contributed by atoms with Gasteiger partial charge >= 0.3 is 23.9 Å². The van der Waals surface area contributed by atoms with Crippen molar-refractivity contribution >= 4 is 23.9 Å². The number of fused-ring (bicyclic) bond motifs is 1. The minimum absolute atomic E-state index is 0.0339. The van der Waals surface area contributed by atoms with Crippen LogP contribution in [0.1, 0.15) is 74.1 Å². The summed E-state index contributed by atoms with van der Waals surface area (Å²) >= 11 is 0. The van der Waals surface area contributed by atoms with Crippen LogP contribution < -0.4 is 0 Å². The number of hydrogen-bond acceptors (Lipinski definition) is 10. The first kappa shape index (κ1) is 30.6. The van der Waals surface area contributed by atoms with Gasteiger partial charge in [-0.1, -0.05) is 41.5 Å². The lowest BCUT2D eigenvalue weighted by Crippen LogP contribution is -2.55. The number of hydrogen-bond donors (Lipinski definition) is 1. The zero-order valence-corrected chi connectivity index (χ0v) is 23.0. The fourth-order valence-electron chi connectivity index (χ4n) is 4.72. The normalized spacial score (nSPS) is 26.8. The number of aliphatic hydroxyl groups is 1. The minimum Gasteiger partial charge on any atom is -0.462 e. The molecule has 0 aromatic carbocycles. The van der Waals surface area contributed by atoms with Gasteiger partial charge < -0.3 is 28.8 Å². The summed E-state index contributed by atoms with van der Waals surface area (Å²) in [6, 6.07) is 0. The summed E-state index contributed by atoms with van der Waals surface area (Å²) in [5.41, 5.74) is -1.37. The van der Waals surface area contributed by atoms with E-state index < -0.39 is 54.3 Å². The predicted molar refractivity (Wildman–Crippen MR) is 131 cm³/mol.